The van der Waals surface area contributed by atoms with Crippen molar-refractivity contribution in [1.29, 1.82) is 0 Å². The van der Waals surface area contributed by atoms with Gasteiger partial charge >= 0.3 is 0 Å². The third-order valence-corrected chi connectivity index (χ3v) is 3.80. The van der Waals surface area contributed by atoms with Crippen LogP contribution in [0.3, 0.4) is 0 Å². The average Bonchev–Trinajstić information content (AvgIpc) is 2.71. The maximum Gasteiger partial charge on any atom is 0.231 e. The predicted octanol–water partition coefficient (Wildman–Crippen LogP) is 4.43. The maximum atomic E-state index is 5.97. The normalized spacial score (nSPS) is 17.0. The van der Waals surface area contributed by atoms with Gasteiger partial charge in [-0.05, 0) is 32.9 Å². The lowest BCUT2D eigenvalue weighted by molar-refractivity contribution is 0.00836. The van der Waals surface area contributed by atoms with E-state index in [0.717, 1.165) is 21.5 Å². The fourth-order valence-electron chi connectivity index (χ4n) is 1.87. The minimum Gasteiger partial charge on any atom is -0.454 e. The molecule has 1 heterocycles. The molecular weight excluding hydrogens is 364 g/mol. The molecule has 0 amide bonds. The second-order valence-electron chi connectivity index (χ2n) is 4.51. The van der Waals surface area contributed by atoms with E-state index in [0.29, 0.717) is 0 Å². The third-order valence-electron chi connectivity index (χ3n) is 2.63. The molecule has 2 atom stereocenters. The first-order valence-electron chi connectivity index (χ1n) is 5.87. The summed E-state index contributed by atoms with van der Waals surface area (Å²) in [5, 5.41) is 0. The van der Waals surface area contributed by atoms with Crippen LogP contribution >= 0.6 is 31.9 Å². The molecule has 3 nitrogen and oxygen atoms in total. The van der Waals surface area contributed by atoms with Crippen molar-refractivity contribution >= 4 is 31.9 Å². The zero-order valence-electron chi connectivity index (χ0n) is 10.6. The first-order chi connectivity index (χ1) is 8.49. The molecule has 0 fully saturated rings. The van der Waals surface area contributed by atoms with Gasteiger partial charge in [-0.3, -0.25) is 0 Å². The fraction of sp³-hybridized carbons (Fsp3) is 0.538. The molecule has 1 aliphatic heterocycles. The van der Waals surface area contributed by atoms with Gasteiger partial charge in [0, 0.05) is 14.9 Å². The highest BCUT2D eigenvalue weighted by atomic mass is 79.9. The van der Waals surface area contributed by atoms with Crippen LogP contribution in [-0.4, -0.2) is 17.7 Å². The Kier molecular flexibility index (Phi) is 4.56. The van der Waals surface area contributed by atoms with Gasteiger partial charge in [-0.15, -0.1) is 0 Å². The summed E-state index contributed by atoms with van der Waals surface area (Å²) >= 11 is 7.18. The van der Waals surface area contributed by atoms with Crippen LogP contribution in [0.15, 0.2) is 16.6 Å². The van der Waals surface area contributed by atoms with Gasteiger partial charge in [-0.25, -0.2) is 0 Å². The molecule has 1 aromatic carbocycles. The summed E-state index contributed by atoms with van der Waals surface area (Å²) in [6.07, 6.45) is 0.126. The Morgan fingerprint density at radius 3 is 2.33 bits per heavy atom. The van der Waals surface area contributed by atoms with E-state index in [4.69, 9.17) is 14.2 Å². The zero-order chi connectivity index (χ0) is 13.3. The van der Waals surface area contributed by atoms with Gasteiger partial charge in [-0.1, -0.05) is 31.9 Å². The van der Waals surface area contributed by atoms with Crippen molar-refractivity contribution in [2.75, 3.05) is 6.79 Å². The highest BCUT2D eigenvalue weighted by Crippen LogP contribution is 2.41. The van der Waals surface area contributed by atoms with Gasteiger partial charge in [0.25, 0.3) is 0 Å². The average molecular weight is 380 g/mol. The van der Waals surface area contributed by atoms with Crippen LogP contribution in [0.25, 0.3) is 0 Å². The Balaban J connectivity index is 2.35. The Morgan fingerprint density at radius 1 is 1.17 bits per heavy atom. The molecule has 0 aromatic heterocycles. The first-order valence-corrected chi connectivity index (χ1v) is 7.58. The smallest absolute Gasteiger partial charge is 0.231 e. The Hall–Kier alpha value is -0.260. The van der Waals surface area contributed by atoms with Gasteiger partial charge in [0.15, 0.2) is 11.5 Å². The van der Waals surface area contributed by atoms with E-state index < -0.39 is 0 Å². The van der Waals surface area contributed by atoms with Gasteiger partial charge in [0.05, 0.1) is 12.2 Å². The number of fused-ring (bicyclic) bond motifs is 1. The van der Waals surface area contributed by atoms with Crippen LogP contribution in [0, 0.1) is 0 Å². The topological polar surface area (TPSA) is 27.7 Å². The quantitative estimate of drug-likeness (QED) is 0.724. The second-order valence-corrected chi connectivity index (χ2v) is 6.81. The largest absolute Gasteiger partial charge is 0.454 e. The zero-order valence-corrected chi connectivity index (χ0v) is 13.7. The lowest BCUT2D eigenvalue weighted by Gasteiger charge is -2.24. The van der Waals surface area contributed by atoms with E-state index >= 15 is 0 Å². The van der Waals surface area contributed by atoms with Gasteiger partial charge in [0.2, 0.25) is 6.79 Å². The van der Waals surface area contributed by atoms with Crippen molar-refractivity contribution < 1.29 is 14.2 Å². The van der Waals surface area contributed by atoms with Crippen LogP contribution in [0.5, 0.6) is 11.5 Å². The molecule has 0 spiro atoms. The van der Waals surface area contributed by atoms with Gasteiger partial charge in [-0.2, -0.15) is 0 Å². The molecule has 0 saturated carbocycles. The van der Waals surface area contributed by atoms with E-state index in [2.05, 4.69) is 38.8 Å². The fourth-order valence-corrected chi connectivity index (χ4v) is 2.83. The van der Waals surface area contributed by atoms with Gasteiger partial charge in [0.1, 0.15) is 0 Å². The van der Waals surface area contributed by atoms with E-state index in [1.54, 1.807) is 0 Å². The standard InChI is InChI=1S/C13H16Br2O3/c1-7(2)18-13(8(3)14)9-4-11-12(5-10(9)15)17-6-16-11/h4-5,7-8,13H,6H2,1-3H3/t8-,13+/m1/s1. The summed E-state index contributed by atoms with van der Waals surface area (Å²) < 4.78 is 17.7. The molecule has 2 rings (SSSR count). The molecule has 0 bridgehead atoms. The molecule has 0 saturated heterocycles. The number of halogens is 2. The van der Waals surface area contributed by atoms with Crippen molar-refractivity contribution in [2.24, 2.45) is 0 Å². The number of benzene rings is 1. The summed E-state index contributed by atoms with van der Waals surface area (Å²) in [5.41, 5.74) is 1.07. The number of alkyl halides is 1. The van der Waals surface area contributed by atoms with Gasteiger partial charge < -0.3 is 14.2 Å². The minimum atomic E-state index is -0.0334. The molecule has 18 heavy (non-hydrogen) atoms. The van der Waals surface area contributed by atoms with Crippen molar-refractivity contribution in [1.82, 2.24) is 0 Å². The number of ether oxygens (including phenoxy) is 3. The molecule has 5 heteroatoms. The van der Waals surface area contributed by atoms with E-state index in [9.17, 15) is 0 Å². The van der Waals surface area contributed by atoms with Crippen molar-refractivity contribution in [3.63, 3.8) is 0 Å². The van der Waals surface area contributed by atoms with Crippen LogP contribution in [0.1, 0.15) is 32.4 Å². The third kappa shape index (κ3) is 3.00. The Labute approximate surface area is 124 Å². The van der Waals surface area contributed by atoms with E-state index in [1.165, 1.54) is 0 Å². The summed E-state index contributed by atoms with van der Waals surface area (Å²) in [6, 6.07) is 3.92. The Morgan fingerprint density at radius 2 is 1.78 bits per heavy atom. The second kappa shape index (κ2) is 5.80. The first kappa shape index (κ1) is 14.2. The SMILES string of the molecule is CC(C)O[C@H](c1cc2c(cc1Br)OCO2)[C@@H](C)Br. The highest BCUT2D eigenvalue weighted by Gasteiger charge is 2.25. The molecule has 1 aromatic rings. The molecule has 0 unspecified atom stereocenters. The lowest BCUT2D eigenvalue weighted by atomic mass is 10.1. The lowest BCUT2D eigenvalue weighted by Crippen LogP contribution is -2.18. The van der Waals surface area contributed by atoms with E-state index in [-0.39, 0.29) is 23.8 Å². The van der Waals surface area contributed by atoms with Crippen LogP contribution < -0.4 is 9.47 Å². The maximum absolute atomic E-state index is 5.97. The van der Waals surface area contributed by atoms with Crippen LogP contribution in [0.2, 0.25) is 0 Å². The van der Waals surface area contributed by atoms with Crippen molar-refractivity contribution in [3.8, 4) is 11.5 Å². The molecule has 0 radical (unpaired) electrons. The van der Waals surface area contributed by atoms with E-state index in [1.807, 2.05) is 26.0 Å². The van der Waals surface area contributed by atoms with Crippen LogP contribution in [-0.2, 0) is 4.74 Å². The molecule has 0 aliphatic carbocycles. The minimum absolute atomic E-state index is 0.0334. The van der Waals surface area contributed by atoms with Crippen molar-refractivity contribution in [3.05, 3.63) is 22.2 Å². The van der Waals surface area contributed by atoms with Crippen molar-refractivity contribution in [2.45, 2.75) is 37.8 Å². The Bertz CT molecular complexity index is 432. The molecular formula is C13H16Br2O3. The predicted molar refractivity (Wildman–Crippen MR) is 77.6 cm³/mol. The summed E-state index contributed by atoms with van der Waals surface area (Å²) in [4.78, 5) is 0.205. The summed E-state index contributed by atoms with van der Waals surface area (Å²) in [6.45, 7) is 6.42. The number of hydrogen-bond acceptors (Lipinski definition) is 3. The number of hydrogen-bond donors (Lipinski definition) is 0. The summed E-state index contributed by atoms with van der Waals surface area (Å²) in [5.74, 6) is 1.55. The van der Waals surface area contributed by atoms with Crippen LogP contribution in [0.4, 0.5) is 0 Å². The molecule has 0 N–H and O–H groups in total. The molecule has 100 valence electrons. The molecule has 1 aliphatic rings. The summed E-state index contributed by atoms with van der Waals surface area (Å²) in [7, 11) is 0. The highest BCUT2D eigenvalue weighted by molar-refractivity contribution is 9.10. The monoisotopic (exact) mass is 378 g/mol. The number of rotatable bonds is 4.